The van der Waals surface area contributed by atoms with Crippen LogP contribution >= 0.6 is 0 Å². The summed E-state index contributed by atoms with van der Waals surface area (Å²) in [7, 11) is 4.20. The van der Waals surface area contributed by atoms with E-state index in [2.05, 4.69) is 87.3 Å². The molecule has 0 aromatic heterocycles. The highest BCUT2D eigenvalue weighted by atomic mass is 15.1. The molecule has 0 N–H and O–H groups in total. The van der Waals surface area contributed by atoms with Crippen LogP contribution in [0.25, 0.3) is 11.3 Å². The first-order valence-electron chi connectivity index (χ1n) is 9.18. The maximum atomic E-state index is 4.29. The molecule has 0 aliphatic heterocycles. The lowest BCUT2D eigenvalue weighted by Gasteiger charge is -2.27. The number of anilines is 2. The summed E-state index contributed by atoms with van der Waals surface area (Å²) in [5.41, 5.74) is 7.02. The van der Waals surface area contributed by atoms with E-state index in [1.165, 1.54) is 16.8 Å². The Morgan fingerprint density at radius 2 is 1.73 bits per heavy atom. The van der Waals surface area contributed by atoms with Crippen LogP contribution in [0, 0.1) is 0 Å². The third kappa shape index (κ3) is 4.26. The zero-order chi connectivity index (χ0) is 19.1. The van der Waals surface area contributed by atoms with Crippen LogP contribution in [-0.2, 0) is 0 Å². The molecule has 0 heterocycles. The van der Waals surface area contributed by atoms with Crippen LogP contribution in [0.2, 0.25) is 0 Å². The van der Waals surface area contributed by atoms with Gasteiger partial charge in [-0.15, -0.1) is 0 Å². The normalized spacial score (nSPS) is 11.2. The second-order valence-corrected chi connectivity index (χ2v) is 6.37. The van der Waals surface area contributed by atoms with Gasteiger partial charge in [-0.2, -0.15) is 0 Å². The van der Waals surface area contributed by atoms with Crippen LogP contribution in [0.15, 0.2) is 73.8 Å². The molecule has 0 atom stereocenters. The number of hydrogen-bond donors (Lipinski definition) is 0. The van der Waals surface area contributed by atoms with E-state index in [0.717, 1.165) is 29.9 Å². The molecule has 2 aromatic carbocycles. The number of benzene rings is 2. The smallest absolute Gasteiger partial charge is 0.0441 e. The van der Waals surface area contributed by atoms with Gasteiger partial charge in [0.1, 0.15) is 0 Å². The molecule has 2 heteroatoms. The maximum absolute atomic E-state index is 4.29. The molecule has 0 amide bonds. The highest BCUT2D eigenvalue weighted by molar-refractivity contribution is 5.84. The summed E-state index contributed by atoms with van der Waals surface area (Å²) < 4.78 is 0. The Bertz CT molecular complexity index is 787. The SMILES string of the molecule is C=C/C=C(/CC)c1cc(N(C)C(=C)c2ccccc2)ccc1N(C)CC. The van der Waals surface area contributed by atoms with Gasteiger partial charge in [-0.3, -0.25) is 0 Å². The van der Waals surface area contributed by atoms with Gasteiger partial charge in [0.25, 0.3) is 0 Å². The van der Waals surface area contributed by atoms with Crippen molar-refractivity contribution in [2.24, 2.45) is 0 Å². The van der Waals surface area contributed by atoms with Gasteiger partial charge in [-0.25, -0.2) is 0 Å². The third-order valence-electron chi connectivity index (χ3n) is 4.81. The molecule has 0 saturated heterocycles. The molecule has 0 unspecified atom stereocenters. The lowest BCUT2D eigenvalue weighted by molar-refractivity contribution is 0.963. The fraction of sp³-hybridized carbons (Fsp3) is 0.250. The van der Waals surface area contributed by atoms with Crippen molar-refractivity contribution < 1.29 is 0 Å². The molecule has 0 radical (unpaired) electrons. The fourth-order valence-electron chi connectivity index (χ4n) is 3.01. The first-order valence-corrected chi connectivity index (χ1v) is 9.18. The fourth-order valence-corrected chi connectivity index (χ4v) is 3.01. The van der Waals surface area contributed by atoms with Crippen LogP contribution in [-0.4, -0.2) is 20.6 Å². The van der Waals surface area contributed by atoms with Crippen molar-refractivity contribution in [2.45, 2.75) is 20.3 Å². The monoisotopic (exact) mass is 346 g/mol. The number of hydrogen-bond acceptors (Lipinski definition) is 2. The zero-order valence-corrected chi connectivity index (χ0v) is 16.5. The number of nitrogens with zero attached hydrogens (tertiary/aromatic N) is 2. The first kappa shape index (κ1) is 19.6. The van der Waals surface area contributed by atoms with E-state index in [0.29, 0.717) is 0 Å². The Kier molecular flexibility index (Phi) is 6.85. The van der Waals surface area contributed by atoms with E-state index in [-0.39, 0.29) is 0 Å². The predicted octanol–water partition coefficient (Wildman–Crippen LogP) is 6.23. The van der Waals surface area contributed by atoms with Gasteiger partial charge in [0, 0.05) is 43.3 Å². The standard InChI is InChI=1S/C24H30N2/c1-7-13-20(8-2)23-18-22(16-17-24(23)25(5)9-3)26(6)19(4)21-14-11-10-12-15-21/h7,10-18H,1,4,8-9H2,2-3,5-6H3/b20-13-. The first-order chi connectivity index (χ1) is 12.5. The van der Waals surface area contributed by atoms with E-state index >= 15 is 0 Å². The molecule has 0 aliphatic carbocycles. The molecule has 0 aliphatic rings. The lowest BCUT2D eigenvalue weighted by Crippen LogP contribution is -2.19. The van der Waals surface area contributed by atoms with Crippen molar-refractivity contribution >= 4 is 22.6 Å². The molecule has 0 saturated carbocycles. The van der Waals surface area contributed by atoms with Gasteiger partial charge < -0.3 is 9.80 Å². The van der Waals surface area contributed by atoms with Crippen LogP contribution < -0.4 is 9.80 Å². The molecule has 2 aromatic rings. The Balaban J connectivity index is 2.49. The van der Waals surface area contributed by atoms with Crippen LogP contribution in [0.4, 0.5) is 11.4 Å². The van der Waals surface area contributed by atoms with E-state index < -0.39 is 0 Å². The second kappa shape index (κ2) is 9.10. The molecular formula is C24H30N2. The molecule has 26 heavy (non-hydrogen) atoms. The quantitative estimate of drug-likeness (QED) is 0.523. The van der Waals surface area contributed by atoms with Gasteiger partial charge in [-0.1, -0.05) is 62.6 Å². The Labute approximate surface area is 158 Å². The number of rotatable bonds is 8. The van der Waals surface area contributed by atoms with E-state index in [9.17, 15) is 0 Å². The minimum atomic E-state index is 0.962. The average molecular weight is 347 g/mol. The van der Waals surface area contributed by atoms with Gasteiger partial charge in [0.2, 0.25) is 0 Å². The predicted molar refractivity (Wildman–Crippen MR) is 118 cm³/mol. The minimum absolute atomic E-state index is 0.962. The topological polar surface area (TPSA) is 6.48 Å². The van der Waals surface area contributed by atoms with Gasteiger partial charge in [0.15, 0.2) is 0 Å². The molecule has 0 bridgehead atoms. The summed E-state index contributed by atoms with van der Waals surface area (Å²) in [6.07, 6.45) is 4.94. The summed E-state index contributed by atoms with van der Waals surface area (Å²) in [5, 5.41) is 0. The van der Waals surface area contributed by atoms with E-state index in [1.807, 2.05) is 24.3 Å². The van der Waals surface area contributed by atoms with Crippen molar-refractivity contribution in [1.29, 1.82) is 0 Å². The van der Waals surface area contributed by atoms with Crippen molar-refractivity contribution in [3.63, 3.8) is 0 Å². The second-order valence-electron chi connectivity index (χ2n) is 6.37. The van der Waals surface area contributed by atoms with Crippen molar-refractivity contribution in [2.75, 3.05) is 30.4 Å². The molecular weight excluding hydrogens is 316 g/mol. The minimum Gasteiger partial charge on any atom is -0.374 e. The van der Waals surface area contributed by atoms with Crippen LogP contribution in [0.5, 0.6) is 0 Å². The Hall–Kier alpha value is -2.74. The van der Waals surface area contributed by atoms with Crippen molar-refractivity contribution in [3.8, 4) is 0 Å². The molecule has 2 rings (SSSR count). The van der Waals surface area contributed by atoms with Gasteiger partial charge in [-0.05, 0) is 42.7 Å². The van der Waals surface area contributed by atoms with Crippen LogP contribution in [0.1, 0.15) is 31.4 Å². The number of allylic oxidation sites excluding steroid dienone is 3. The van der Waals surface area contributed by atoms with E-state index in [4.69, 9.17) is 0 Å². The van der Waals surface area contributed by atoms with Gasteiger partial charge >= 0.3 is 0 Å². The largest absolute Gasteiger partial charge is 0.374 e. The Morgan fingerprint density at radius 3 is 2.31 bits per heavy atom. The summed E-state index contributed by atoms with van der Waals surface area (Å²) in [4.78, 5) is 4.42. The summed E-state index contributed by atoms with van der Waals surface area (Å²) in [5.74, 6) is 0. The summed E-state index contributed by atoms with van der Waals surface area (Å²) in [6.45, 7) is 13.5. The highest BCUT2D eigenvalue weighted by Crippen LogP contribution is 2.34. The molecule has 0 fully saturated rings. The summed E-state index contributed by atoms with van der Waals surface area (Å²) in [6, 6.07) is 16.9. The van der Waals surface area contributed by atoms with E-state index in [1.54, 1.807) is 0 Å². The highest BCUT2D eigenvalue weighted by Gasteiger charge is 2.14. The third-order valence-corrected chi connectivity index (χ3v) is 4.81. The van der Waals surface area contributed by atoms with Crippen molar-refractivity contribution in [1.82, 2.24) is 0 Å². The van der Waals surface area contributed by atoms with Gasteiger partial charge in [0.05, 0.1) is 0 Å². The average Bonchev–Trinajstić information content (AvgIpc) is 2.70. The summed E-state index contributed by atoms with van der Waals surface area (Å²) >= 11 is 0. The molecule has 2 nitrogen and oxygen atoms in total. The maximum Gasteiger partial charge on any atom is 0.0441 e. The molecule has 136 valence electrons. The Morgan fingerprint density at radius 1 is 1.04 bits per heavy atom. The zero-order valence-electron chi connectivity index (χ0n) is 16.5. The molecule has 0 spiro atoms. The van der Waals surface area contributed by atoms with Crippen molar-refractivity contribution in [3.05, 3.63) is 85.0 Å². The lowest BCUT2D eigenvalue weighted by atomic mass is 9.99. The van der Waals surface area contributed by atoms with Crippen LogP contribution in [0.3, 0.4) is 0 Å².